The number of nitrogens with one attached hydrogen (secondary N) is 1. The minimum atomic E-state index is -1.05. The maximum atomic E-state index is 12.0. The molecule has 0 bridgehead atoms. The van der Waals surface area contributed by atoms with Crippen LogP contribution < -0.4 is 5.32 Å². The van der Waals surface area contributed by atoms with Crippen molar-refractivity contribution in [2.24, 2.45) is 11.8 Å². The van der Waals surface area contributed by atoms with E-state index in [1.165, 1.54) is 16.7 Å². The maximum absolute atomic E-state index is 12.0. The number of aromatic carboxylic acids is 1. The van der Waals surface area contributed by atoms with Crippen molar-refractivity contribution in [2.75, 3.05) is 13.2 Å². The highest BCUT2D eigenvalue weighted by Gasteiger charge is 2.28. The van der Waals surface area contributed by atoms with Crippen LogP contribution in [0.1, 0.15) is 28.8 Å². The topological polar surface area (TPSA) is 88.5 Å². The van der Waals surface area contributed by atoms with E-state index in [9.17, 15) is 9.59 Å². The van der Waals surface area contributed by atoms with Gasteiger partial charge in [0.25, 0.3) is 0 Å². The summed E-state index contributed by atoms with van der Waals surface area (Å²) < 4.78 is 5.30. The molecule has 1 saturated heterocycles. The molecule has 1 amide bonds. The molecule has 19 heavy (non-hydrogen) atoms. The molecule has 0 radical (unpaired) electrons. The Morgan fingerprint density at radius 2 is 2.42 bits per heavy atom. The molecule has 2 atom stereocenters. The molecule has 2 unspecified atom stereocenters. The molecule has 7 heteroatoms. The number of amides is 1. The minimum absolute atomic E-state index is 0.0112. The van der Waals surface area contributed by atoms with Crippen LogP contribution in [0.5, 0.6) is 0 Å². The van der Waals surface area contributed by atoms with E-state index >= 15 is 0 Å². The van der Waals surface area contributed by atoms with Crippen molar-refractivity contribution in [3.05, 3.63) is 16.1 Å². The second-order valence-corrected chi connectivity index (χ2v) is 5.54. The summed E-state index contributed by atoms with van der Waals surface area (Å²) in [6.45, 7) is 3.50. The van der Waals surface area contributed by atoms with Gasteiger partial charge in [-0.15, -0.1) is 11.3 Å². The largest absolute Gasteiger partial charge is 0.476 e. The zero-order valence-corrected chi connectivity index (χ0v) is 11.4. The van der Waals surface area contributed by atoms with Gasteiger partial charge in [0, 0.05) is 24.5 Å². The number of hydrogen-bond acceptors (Lipinski definition) is 5. The van der Waals surface area contributed by atoms with Crippen molar-refractivity contribution in [1.82, 2.24) is 10.3 Å². The Balaban J connectivity index is 1.87. The van der Waals surface area contributed by atoms with Gasteiger partial charge in [0.05, 0.1) is 6.54 Å². The average Bonchev–Trinajstić information content (AvgIpc) is 2.85. The Morgan fingerprint density at radius 1 is 1.63 bits per heavy atom. The average molecular weight is 284 g/mol. The normalized spacial score (nSPS) is 23.0. The maximum Gasteiger partial charge on any atom is 0.355 e. The van der Waals surface area contributed by atoms with Gasteiger partial charge in [-0.25, -0.2) is 9.78 Å². The second kappa shape index (κ2) is 6.12. The summed E-state index contributed by atoms with van der Waals surface area (Å²) >= 11 is 1.24. The van der Waals surface area contributed by atoms with Crippen LogP contribution in [0.15, 0.2) is 5.38 Å². The van der Waals surface area contributed by atoms with Gasteiger partial charge in [0.2, 0.25) is 5.91 Å². The van der Waals surface area contributed by atoms with Gasteiger partial charge in [-0.05, 0) is 12.3 Å². The third-order valence-electron chi connectivity index (χ3n) is 3.16. The Bertz CT molecular complexity index is 474. The number of carbonyl (C=O) groups excluding carboxylic acids is 1. The smallest absolute Gasteiger partial charge is 0.355 e. The number of aromatic nitrogens is 1. The molecule has 0 aromatic carbocycles. The monoisotopic (exact) mass is 284 g/mol. The fraction of sp³-hybridized carbons (Fsp3) is 0.583. The molecule has 2 heterocycles. The SMILES string of the molecule is CC1COCCC1C(=O)NCc1nc(C(=O)O)cs1. The van der Waals surface area contributed by atoms with Crippen molar-refractivity contribution in [3.8, 4) is 0 Å². The number of carboxylic acid groups (broad SMARTS) is 1. The number of rotatable bonds is 4. The first-order valence-corrected chi connectivity index (χ1v) is 6.99. The van der Waals surface area contributed by atoms with Crippen molar-refractivity contribution < 1.29 is 19.4 Å². The third-order valence-corrected chi connectivity index (χ3v) is 4.01. The number of thiazole rings is 1. The first-order valence-electron chi connectivity index (χ1n) is 6.11. The van der Waals surface area contributed by atoms with Gasteiger partial charge < -0.3 is 15.2 Å². The highest BCUT2D eigenvalue weighted by molar-refractivity contribution is 7.09. The van der Waals surface area contributed by atoms with Crippen LogP contribution in [-0.4, -0.2) is 35.2 Å². The van der Waals surface area contributed by atoms with Crippen LogP contribution in [0.2, 0.25) is 0 Å². The summed E-state index contributed by atoms with van der Waals surface area (Å²) in [4.78, 5) is 26.6. The molecule has 1 aromatic heterocycles. The summed E-state index contributed by atoms with van der Waals surface area (Å²) in [7, 11) is 0. The van der Waals surface area contributed by atoms with Crippen LogP contribution in [0.4, 0.5) is 0 Å². The predicted octanol–water partition coefficient (Wildman–Crippen LogP) is 1.13. The molecule has 104 valence electrons. The van der Waals surface area contributed by atoms with Gasteiger partial charge in [0.1, 0.15) is 5.01 Å². The van der Waals surface area contributed by atoms with Gasteiger partial charge in [-0.3, -0.25) is 4.79 Å². The Labute approximate surface area is 114 Å². The highest BCUT2D eigenvalue weighted by atomic mass is 32.1. The lowest BCUT2D eigenvalue weighted by atomic mass is 9.89. The van der Waals surface area contributed by atoms with E-state index < -0.39 is 5.97 Å². The minimum Gasteiger partial charge on any atom is -0.476 e. The van der Waals surface area contributed by atoms with Gasteiger partial charge in [-0.1, -0.05) is 6.92 Å². The van der Waals surface area contributed by atoms with Crippen LogP contribution in [0, 0.1) is 11.8 Å². The molecular weight excluding hydrogens is 268 g/mol. The van der Waals surface area contributed by atoms with Crippen LogP contribution in [-0.2, 0) is 16.1 Å². The third kappa shape index (κ3) is 3.51. The van der Waals surface area contributed by atoms with E-state index in [0.717, 1.165) is 6.42 Å². The highest BCUT2D eigenvalue weighted by Crippen LogP contribution is 2.21. The van der Waals surface area contributed by atoms with E-state index in [4.69, 9.17) is 9.84 Å². The number of carboxylic acids is 1. The fourth-order valence-corrected chi connectivity index (χ4v) is 2.76. The number of nitrogens with zero attached hydrogens (tertiary/aromatic N) is 1. The summed E-state index contributed by atoms with van der Waals surface area (Å²) in [6.07, 6.45) is 0.727. The molecule has 0 spiro atoms. The van der Waals surface area contributed by atoms with Crippen LogP contribution in [0.3, 0.4) is 0 Å². The lowest BCUT2D eigenvalue weighted by molar-refractivity contribution is -0.130. The number of carbonyl (C=O) groups is 2. The summed E-state index contributed by atoms with van der Waals surface area (Å²) in [5, 5.41) is 13.6. The Kier molecular flexibility index (Phi) is 4.49. The quantitative estimate of drug-likeness (QED) is 0.865. The zero-order valence-electron chi connectivity index (χ0n) is 10.6. The lowest BCUT2D eigenvalue weighted by Crippen LogP contribution is -2.38. The van der Waals surface area contributed by atoms with Gasteiger partial charge in [0.15, 0.2) is 5.69 Å². The summed E-state index contributed by atoms with van der Waals surface area (Å²) in [6, 6.07) is 0. The van der Waals surface area contributed by atoms with Crippen molar-refractivity contribution in [3.63, 3.8) is 0 Å². The molecule has 1 aliphatic rings. The van der Waals surface area contributed by atoms with E-state index in [1.807, 2.05) is 6.92 Å². The first kappa shape index (κ1) is 14.0. The van der Waals surface area contributed by atoms with Gasteiger partial charge in [-0.2, -0.15) is 0 Å². The second-order valence-electron chi connectivity index (χ2n) is 4.60. The van der Waals surface area contributed by atoms with Crippen molar-refractivity contribution in [1.29, 1.82) is 0 Å². The number of hydrogen-bond donors (Lipinski definition) is 2. The van der Waals surface area contributed by atoms with E-state index in [-0.39, 0.29) is 30.0 Å². The molecule has 2 rings (SSSR count). The molecule has 0 saturated carbocycles. The van der Waals surface area contributed by atoms with E-state index in [0.29, 0.717) is 18.2 Å². The van der Waals surface area contributed by atoms with Crippen molar-refractivity contribution >= 4 is 23.2 Å². The number of ether oxygens (including phenoxy) is 1. The van der Waals surface area contributed by atoms with Crippen LogP contribution in [0.25, 0.3) is 0 Å². The van der Waals surface area contributed by atoms with E-state index in [1.54, 1.807) is 0 Å². The van der Waals surface area contributed by atoms with Gasteiger partial charge >= 0.3 is 5.97 Å². The van der Waals surface area contributed by atoms with E-state index in [2.05, 4.69) is 10.3 Å². The first-order chi connectivity index (χ1) is 9.08. The molecular formula is C12H16N2O4S. The standard InChI is InChI=1S/C12H16N2O4S/c1-7-5-18-3-2-8(7)11(15)13-4-10-14-9(6-19-10)12(16)17/h6-8H,2-5H2,1H3,(H,13,15)(H,16,17). The molecule has 0 aliphatic carbocycles. The van der Waals surface area contributed by atoms with Crippen molar-refractivity contribution in [2.45, 2.75) is 19.9 Å². The molecule has 1 aromatic rings. The molecule has 6 nitrogen and oxygen atoms in total. The predicted molar refractivity (Wildman–Crippen MR) is 69.0 cm³/mol. The summed E-state index contributed by atoms with van der Waals surface area (Å²) in [5.41, 5.74) is 0.0219. The molecule has 1 aliphatic heterocycles. The Hall–Kier alpha value is -1.47. The fourth-order valence-electron chi connectivity index (χ4n) is 2.05. The Morgan fingerprint density at radius 3 is 3.05 bits per heavy atom. The zero-order chi connectivity index (χ0) is 13.8. The van der Waals surface area contributed by atoms with Crippen LogP contribution >= 0.6 is 11.3 Å². The summed E-state index contributed by atoms with van der Waals surface area (Å²) in [5.74, 6) is -0.887. The molecule has 2 N–H and O–H groups in total. The molecule has 1 fully saturated rings. The lowest BCUT2D eigenvalue weighted by Gasteiger charge is -2.27.